The molecule has 0 bridgehead atoms. The van der Waals surface area contributed by atoms with Crippen molar-refractivity contribution in [2.45, 2.75) is 13.8 Å². The van der Waals surface area contributed by atoms with Gasteiger partial charge in [-0.3, -0.25) is 0 Å². The Kier molecular flexibility index (Phi) is 8.12. The molecular formula is C6H13N3S2. The summed E-state index contributed by atoms with van der Waals surface area (Å²) in [5.74, 6) is 2.83. The van der Waals surface area contributed by atoms with E-state index in [1.807, 2.05) is 10.8 Å². The summed E-state index contributed by atoms with van der Waals surface area (Å²) in [6.07, 6.45) is 0. The lowest BCUT2D eigenvalue weighted by Gasteiger charge is -2.01. The fourth-order valence-electron chi connectivity index (χ4n) is 0.366. The molecule has 0 rings (SSSR count). The van der Waals surface area contributed by atoms with Gasteiger partial charge in [-0.15, -0.1) is 0 Å². The molecule has 0 fully saturated rings. The third kappa shape index (κ3) is 10.0. The van der Waals surface area contributed by atoms with Gasteiger partial charge in [0.1, 0.15) is 0 Å². The maximum Gasteiger partial charge on any atom is 0.0357 e. The topological polar surface area (TPSA) is 48.8 Å². The van der Waals surface area contributed by atoms with Gasteiger partial charge in [0.25, 0.3) is 0 Å². The monoisotopic (exact) mass is 191 g/mol. The fourth-order valence-corrected chi connectivity index (χ4v) is 2.69. The van der Waals surface area contributed by atoms with Crippen molar-refractivity contribution in [3.8, 4) is 0 Å². The summed E-state index contributed by atoms with van der Waals surface area (Å²) in [6, 6.07) is 0. The number of hydrogen-bond donors (Lipinski definition) is 0. The highest BCUT2D eigenvalue weighted by Gasteiger charge is 1.93. The first-order valence-corrected chi connectivity index (χ1v) is 6.01. The van der Waals surface area contributed by atoms with Crippen molar-refractivity contribution in [1.29, 1.82) is 0 Å². The van der Waals surface area contributed by atoms with Crippen molar-refractivity contribution in [3.05, 3.63) is 10.4 Å². The van der Waals surface area contributed by atoms with E-state index in [4.69, 9.17) is 5.53 Å². The summed E-state index contributed by atoms with van der Waals surface area (Å²) >= 11 is 0. The summed E-state index contributed by atoms with van der Waals surface area (Å²) in [5, 5.41) is 3.43. The molecule has 0 aromatic heterocycles. The van der Waals surface area contributed by atoms with E-state index < -0.39 is 0 Å². The number of rotatable bonds is 6. The first-order valence-electron chi connectivity index (χ1n) is 3.52. The lowest BCUT2D eigenvalue weighted by atomic mass is 10.3. The van der Waals surface area contributed by atoms with Crippen LogP contribution in [0, 0.1) is 5.92 Å². The SMILES string of the molecule is CC(C)CSSCCN=[N+]=[N-]. The van der Waals surface area contributed by atoms with Crippen LogP contribution in [0.15, 0.2) is 5.11 Å². The first-order chi connectivity index (χ1) is 5.27. The van der Waals surface area contributed by atoms with Crippen LogP contribution < -0.4 is 0 Å². The van der Waals surface area contributed by atoms with E-state index in [1.165, 1.54) is 5.75 Å². The Morgan fingerprint density at radius 3 is 2.73 bits per heavy atom. The molecule has 0 amide bonds. The van der Waals surface area contributed by atoms with Gasteiger partial charge in [-0.05, 0) is 11.4 Å². The van der Waals surface area contributed by atoms with E-state index in [0.29, 0.717) is 6.54 Å². The van der Waals surface area contributed by atoms with Gasteiger partial charge < -0.3 is 0 Å². The molecule has 0 aliphatic carbocycles. The van der Waals surface area contributed by atoms with Gasteiger partial charge >= 0.3 is 0 Å². The van der Waals surface area contributed by atoms with Gasteiger partial charge in [0.2, 0.25) is 0 Å². The highest BCUT2D eigenvalue weighted by Crippen LogP contribution is 2.23. The van der Waals surface area contributed by atoms with Crippen LogP contribution in [0.4, 0.5) is 0 Å². The molecule has 5 heteroatoms. The Morgan fingerprint density at radius 1 is 1.45 bits per heavy atom. The summed E-state index contributed by atoms with van der Waals surface area (Å²) in [5.41, 5.74) is 7.95. The molecule has 11 heavy (non-hydrogen) atoms. The molecule has 0 radical (unpaired) electrons. The molecule has 0 unspecified atom stereocenters. The quantitative estimate of drug-likeness (QED) is 0.212. The van der Waals surface area contributed by atoms with Crippen molar-refractivity contribution in [1.82, 2.24) is 0 Å². The molecule has 0 atom stereocenters. The Balaban J connectivity index is 2.96. The molecule has 0 heterocycles. The van der Waals surface area contributed by atoms with Crippen LogP contribution >= 0.6 is 21.6 Å². The third-order valence-corrected chi connectivity index (χ3v) is 3.55. The zero-order valence-electron chi connectivity index (χ0n) is 6.86. The van der Waals surface area contributed by atoms with Gasteiger partial charge in [-0.25, -0.2) is 0 Å². The van der Waals surface area contributed by atoms with Crippen molar-refractivity contribution < 1.29 is 0 Å². The van der Waals surface area contributed by atoms with E-state index in [2.05, 4.69) is 23.9 Å². The highest BCUT2D eigenvalue weighted by molar-refractivity contribution is 8.76. The van der Waals surface area contributed by atoms with Crippen LogP contribution in [0.2, 0.25) is 0 Å². The summed E-state index contributed by atoms with van der Waals surface area (Å²) in [7, 11) is 3.62. The lowest BCUT2D eigenvalue weighted by Crippen LogP contribution is -1.88. The smallest absolute Gasteiger partial charge is 0.0357 e. The molecule has 0 spiro atoms. The Morgan fingerprint density at radius 2 is 2.18 bits per heavy atom. The molecule has 3 nitrogen and oxygen atoms in total. The molecule has 0 aromatic rings. The van der Waals surface area contributed by atoms with E-state index in [9.17, 15) is 0 Å². The van der Waals surface area contributed by atoms with Crippen molar-refractivity contribution in [2.75, 3.05) is 18.1 Å². The van der Waals surface area contributed by atoms with Crippen LogP contribution in [-0.4, -0.2) is 18.1 Å². The maximum atomic E-state index is 7.95. The van der Waals surface area contributed by atoms with E-state index >= 15 is 0 Å². The average molecular weight is 191 g/mol. The number of nitrogens with zero attached hydrogens (tertiary/aromatic N) is 3. The van der Waals surface area contributed by atoms with Crippen LogP contribution in [0.5, 0.6) is 0 Å². The van der Waals surface area contributed by atoms with Crippen LogP contribution in [-0.2, 0) is 0 Å². The van der Waals surface area contributed by atoms with E-state index in [0.717, 1.165) is 11.7 Å². The minimum absolute atomic E-state index is 0.603. The third-order valence-electron chi connectivity index (χ3n) is 0.823. The molecule has 0 aromatic carbocycles. The second kappa shape index (κ2) is 8.11. The summed E-state index contributed by atoms with van der Waals surface area (Å²) < 4.78 is 0. The van der Waals surface area contributed by atoms with E-state index in [1.54, 1.807) is 10.8 Å². The van der Waals surface area contributed by atoms with Crippen molar-refractivity contribution in [2.24, 2.45) is 11.0 Å². The largest absolute Gasteiger partial charge is 0.0940 e. The Hall–Kier alpha value is 0.01000. The van der Waals surface area contributed by atoms with Crippen LogP contribution in [0.25, 0.3) is 10.4 Å². The molecule has 64 valence electrons. The molecule has 0 saturated heterocycles. The summed E-state index contributed by atoms with van der Waals surface area (Å²) in [4.78, 5) is 2.67. The van der Waals surface area contributed by atoms with Gasteiger partial charge in [-0.1, -0.05) is 40.5 Å². The lowest BCUT2D eigenvalue weighted by molar-refractivity contribution is 0.752. The molecule has 0 aliphatic rings. The maximum absolute atomic E-state index is 7.95. The number of hydrogen-bond acceptors (Lipinski definition) is 3. The molecule has 0 saturated carbocycles. The van der Waals surface area contributed by atoms with Gasteiger partial charge in [0.05, 0.1) is 0 Å². The van der Waals surface area contributed by atoms with Crippen LogP contribution in [0.1, 0.15) is 13.8 Å². The zero-order chi connectivity index (χ0) is 8.53. The predicted octanol–water partition coefficient (Wildman–Crippen LogP) is 3.33. The van der Waals surface area contributed by atoms with Crippen molar-refractivity contribution >= 4 is 21.6 Å². The van der Waals surface area contributed by atoms with E-state index in [-0.39, 0.29) is 0 Å². The standard InChI is InChI=1S/C6H13N3S2/c1-6(2)5-11-10-4-3-8-9-7/h6H,3-5H2,1-2H3. The number of azide groups is 1. The van der Waals surface area contributed by atoms with Gasteiger partial charge in [0, 0.05) is 23.0 Å². The van der Waals surface area contributed by atoms with Crippen LogP contribution in [0.3, 0.4) is 0 Å². The molecule has 0 aliphatic heterocycles. The first kappa shape index (κ1) is 11.0. The average Bonchev–Trinajstić information content (AvgIpc) is 1.96. The predicted molar refractivity (Wildman–Crippen MR) is 53.8 cm³/mol. The molecule has 0 N–H and O–H groups in total. The Bertz CT molecular complexity index is 132. The fraction of sp³-hybridized carbons (Fsp3) is 1.00. The normalized spacial score (nSPS) is 9.73. The minimum atomic E-state index is 0.603. The van der Waals surface area contributed by atoms with Gasteiger partial charge in [0.15, 0.2) is 0 Å². The second-order valence-electron chi connectivity index (χ2n) is 2.45. The summed E-state index contributed by atoms with van der Waals surface area (Å²) in [6.45, 7) is 4.99. The molecular weight excluding hydrogens is 178 g/mol. The highest BCUT2D eigenvalue weighted by atomic mass is 33.1. The minimum Gasteiger partial charge on any atom is -0.0940 e. The second-order valence-corrected chi connectivity index (χ2v) is 5.08. The van der Waals surface area contributed by atoms with Crippen molar-refractivity contribution in [3.63, 3.8) is 0 Å². The zero-order valence-corrected chi connectivity index (χ0v) is 8.49. The Labute approximate surface area is 75.3 Å². The van der Waals surface area contributed by atoms with Gasteiger partial charge in [-0.2, -0.15) is 0 Å².